The Bertz CT molecular complexity index is 218. The van der Waals surface area contributed by atoms with Crippen LogP contribution in [0.3, 0.4) is 0 Å². The molecule has 0 aromatic rings. The summed E-state index contributed by atoms with van der Waals surface area (Å²) in [6.45, 7) is 6.71. The van der Waals surface area contributed by atoms with E-state index in [1.54, 1.807) is 0 Å². The van der Waals surface area contributed by atoms with E-state index in [0.29, 0.717) is 12.5 Å². The first kappa shape index (κ1) is 12.5. The van der Waals surface area contributed by atoms with Crippen molar-refractivity contribution in [3.05, 3.63) is 0 Å². The zero-order chi connectivity index (χ0) is 11.5. The molecule has 0 spiro atoms. The molecule has 3 nitrogen and oxygen atoms in total. The summed E-state index contributed by atoms with van der Waals surface area (Å²) in [5.74, 6) is 1.19. The van der Waals surface area contributed by atoms with Gasteiger partial charge in [-0.05, 0) is 44.4 Å². The molecule has 0 bridgehead atoms. The largest absolute Gasteiger partial charge is 0.465 e. The van der Waals surface area contributed by atoms with Crippen LogP contribution >= 0.6 is 0 Å². The van der Waals surface area contributed by atoms with E-state index >= 15 is 0 Å². The van der Waals surface area contributed by atoms with Crippen molar-refractivity contribution in [2.24, 2.45) is 17.6 Å². The summed E-state index contributed by atoms with van der Waals surface area (Å²) in [7, 11) is 0. The molecule has 1 aliphatic rings. The maximum atomic E-state index is 11.6. The molecule has 0 amide bonds. The summed E-state index contributed by atoms with van der Waals surface area (Å²) in [6, 6.07) is 0. The molecule has 0 unspecified atom stereocenters. The van der Waals surface area contributed by atoms with E-state index in [1.165, 1.54) is 0 Å². The molecule has 0 heterocycles. The van der Waals surface area contributed by atoms with Gasteiger partial charge in [0.2, 0.25) is 0 Å². The Kier molecular flexibility index (Phi) is 4.14. The molecule has 0 aromatic carbocycles. The van der Waals surface area contributed by atoms with Crippen molar-refractivity contribution in [1.29, 1.82) is 0 Å². The maximum absolute atomic E-state index is 11.6. The molecule has 1 saturated carbocycles. The van der Waals surface area contributed by atoms with E-state index in [-0.39, 0.29) is 5.97 Å². The molecule has 1 fully saturated rings. The monoisotopic (exact) mass is 213 g/mol. The van der Waals surface area contributed by atoms with E-state index in [4.69, 9.17) is 10.5 Å². The van der Waals surface area contributed by atoms with Crippen LogP contribution in [0.5, 0.6) is 0 Å². The molecular weight excluding hydrogens is 190 g/mol. The maximum Gasteiger partial charge on any atom is 0.326 e. The van der Waals surface area contributed by atoms with Gasteiger partial charge in [-0.15, -0.1) is 0 Å². The SMILES string of the molecule is CCOC(=O)C1(N)CCC(C(C)C)CC1. The summed E-state index contributed by atoms with van der Waals surface area (Å²) in [4.78, 5) is 11.6. The van der Waals surface area contributed by atoms with Crippen LogP contribution in [0.15, 0.2) is 0 Å². The molecule has 3 heteroatoms. The summed E-state index contributed by atoms with van der Waals surface area (Å²) in [6.07, 6.45) is 3.64. The highest BCUT2D eigenvalue weighted by Crippen LogP contribution is 2.35. The second-order valence-electron chi connectivity index (χ2n) is 4.96. The van der Waals surface area contributed by atoms with Crippen LogP contribution in [0.4, 0.5) is 0 Å². The van der Waals surface area contributed by atoms with Gasteiger partial charge in [-0.3, -0.25) is 4.79 Å². The molecule has 15 heavy (non-hydrogen) atoms. The molecule has 0 atom stereocenters. The standard InChI is InChI=1S/C12H23NO2/c1-4-15-11(14)12(13)7-5-10(6-8-12)9(2)3/h9-10H,4-8,13H2,1-3H3. The van der Waals surface area contributed by atoms with Crippen molar-refractivity contribution < 1.29 is 9.53 Å². The van der Waals surface area contributed by atoms with Gasteiger partial charge in [-0.2, -0.15) is 0 Å². The number of ether oxygens (including phenoxy) is 1. The van der Waals surface area contributed by atoms with E-state index < -0.39 is 5.54 Å². The summed E-state index contributed by atoms with van der Waals surface area (Å²) in [5, 5.41) is 0. The average molecular weight is 213 g/mol. The number of rotatable bonds is 3. The highest BCUT2D eigenvalue weighted by Gasteiger charge is 2.39. The quantitative estimate of drug-likeness (QED) is 0.730. The lowest BCUT2D eigenvalue weighted by Gasteiger charge is -2.36. The minimum atomic E-state index is -0.707. The first-order chi connectivity index (χ1) is 6.99. The lowest BCUT2D eigenvalue weighted by molar-refractivity contribution is -0.151. The number of carbonyl (C=O) groups excluding carboxylic acids is 1. The molecule has 0 radical (unpaired) electrons. The predicted molar refractivity (Wildman–Crippen MR) is 60.3 cm³/mol. The topological polar surface area (TPSA) is 52.3 Å². The lowest BCUT2D eigenvalue weighted by atomic mass is 9.73. The van der Waals surface area contributed by atoms with Gasteiger partial charge in [0.05, 0.1) is 6.61 Å². The fourth-order valence-electron chi connectivity index (χ4n) is 2.30. The fraction of sp³-hybridized carbons (Fsp3) is 0.917. The van der Waals surface area contributed by atoms with E-state index in [2.05, 4.69) is 13.8 Å². The van der Waals surface area contributed by atoms with E-state index in [1.807, 2.05) is 6.92 Å². The van der Waals surface area contributed by atoms with Crippen molar-refractivity contribution in [3.63, 3.8) is 0 Å². The van der Waals surface area contributed by atoms with Crippen LogP contribution in [0, 0.1) is 11.8 Å². The van der Waals surface area contributed by atoms with Gasteiger partial charge in [-0.1, -0.05) is 13.8 Å². The third kappa shape index (κ3) is 2.94. The Labute approximate surface area is 92.4 Å². The lowest BCUT2D eigenvalue weighted by Crippen LogP contribution is -2.51. The highest BCUT2D eigenvalue weighted by atomic mass is 16.5. The van der Waals surface area contributed by atoms with Gasteiger partial charge in [0.25, 0.3) is 0 Å². The smallest absolute Gasteiger partial charge is 0.326 e. The van der Waals surface area contributed by atoms with Gasteiger partial charge >= 0.3 is 5.97 Å². The Morgan fingerprint density at radius 2 is 2.00 bits per heavy atom. The zero-order valence-corrected chi connectivity index (χ0v) is 10.1. The first-order valence-corrected chi connectivity index (χ1v) is 5.95. The van der Waals surface area contributed by atoms with Gasteiger partial charge in [0, 0.05) is 0 Å². The third-order valence-electron chi connectivity index (χ3n) is 3.55. The Hall–Kier alpha value is -0.570. The highest BCUT2D eigenvalue weighted by molar-refractivity contribution is 5.80. The minimum Gasteiger partial charge on any atom is -0.465 e. The van der Waals surface area contributed by atoms with Crippen LogP contribution < -0.4 is 5.73 Å². The van der Waals surface area contributed by atoms with Gasteiger partial charge in [0.1, 0.15) is 5.54 Å². The van der Waals surface area contributed by atoms with Crippen LogP contribution in [0.25, 0.3) is 0 Å². The zero-order valence-electron chi connectivity index (χ0n) is 10.1. The van der Waals surface area contributed by atoms with Gasteiger partial charge < -0.3 is 10.5 Å². The van der Waals surface area contributed by atoms with Gasteiger partial charge in [0.15, 0.2) is 0 Å². The molecule has 1 aliphatic carbocycles. The van der Waals surface area contributed by atoms with Crippen molar-refractivity contribution >= 4 is 5.97 Å². The molecule has 1 rings (SSSR count). The Morgan fingerprint density at radius 3 is 2.40 bits per heavy atom. The van der Waals surface area contributed by atoms with Crippen LogP contribution in [0.1, 0.15) is 46.5 Å². The Morgan fingerprint density at radius 1 is 1.47 bits per heavy atom. The second kappa shape index (κ2) is 4.97. The van der Waals surface area contributed by atoms with Crippen molar-refractivity contribution in [2.45, 2.75) is 52.0 Å². The predicted octanol–water partition coefficient (Wildman–Crippen LogP) is 2.09. The van der Waals surface area contributed by atoms with Crippen molar-refractivity contribution in [1.82, 2.24) is 0 Å². The summed E-state index contributed by atoms with van der Waals surface area (Å²) < 4.78 is 5.02. The van der Waals surface area contributed by atoms with Crippen molar-refractivity contribution in [3.8, 4) is 0 Å². The summed E-state index contributed by atoms with van der Waals surface area (Å²) >= 11 is 0. The fourth-order valence-corrected chi connectivity index (χ4v) is 2.30. The van der Waals surface area contributed by atoms with Crippen molar-refractivity contribution in [2.75, 3.05) is 6.61 Å². The number of carbonyl (C=O) groups is 1. The minimum absolute atomic E-state index is 0.216. The molecule has 0 aliphatic heterocycles. The normalized spacial score (nSPS) is 31.7. The number of esters is 1. The first-order valence-electron chi connectivity index (χ1n) is 5.95. The van der Waals surface area contributed by atoms with Crippen LogP contribution in [-0.2, 0) is 9.53 Å². The summed E-state index contributed by atoms with van der Waals surface area (Å²) in [5.41, 5.74) is 5.37. The van der Waals surface area contributed by atoms with Crippen LogP contribution in [0.2, 0.25) is 0 Å². The second-order valence-corrected chi connectivity index (χ2v) is 4.96. The average Bonchev–Trinajstić information content (AvgIpc) is 2.18. The molecule has 0 saturated heterocycles. The van der Waals surface area contributed by atoms with Crippen LogP contribution in [-0.4, -0.2) is 18.1 Å². The Balaban J connectivity index is 2.50. The number of hydrogen-bond acceptors (Lipinski definition) is 3. The third-order valence-corrected chi connectivity index (χ3v) is 3.55. The van der Waals surface area contributed by atoms with Gasteiger partial charge in [-0.25, -0.2) is 0 Å². The molecular formula is C12H23NO2. The van der Waals surface area contributed by atoms with E-state index in [0.717, 1.165) is 31.6 Å². The van der Waals surface area contributed by atoms with E-state index in [9.17, 15) is 4.79 Å². The molecule has 2 N–H and O–H groups in total. The molecule has 88 valence electrons. The molecule has 0 aromatic heterocycles. The number of nitrogens with two attached hydrogens (primary N) is 1. The number of hydrogen-bond donors (Lipinski definition) is 1.